The number of aryl methyl sites for hydroxylation is 1. The maximum absolute atomic E-state index is 2.52. The number of para-hydroxylation sites is 1. The molecule has 1 aromatic heterocycles. The largest absolute Gasteiger partial charge is 0.314 e. The second-order valence-electron chi connectivity index (χ2n) is 8.63. The summed E-state index contributed by atoms with van der Waals surface area (Å²) in [4.78, 5) is 0. The van der Waals surface area contributed by atoms with E-state index in [9.17, 15) is 0 Å². The van der Waals surface area contributed by atoms with Gasteiger partial charge in [-0.3, -0.25) is 0 Å². The summed E-state index contributed by atoms with van der Waals surface area (Å²) < 4.78 is 2.47. The summed E-state index contributed by atoms with van der Waals surface area (Å²) in [5.41, 5.74) is 8.23. The van der Waals surface area contributed by atoms with Crippen molar-refractivity contribution < 1.29 is 26.2 Å². The van der Waals surface area contributed by atoms with E-state index in [1.807, 2.05) is 0 Å². The quantitative estimate of drug-likeness (QED) is 0.208. The molecule has 0 saturated carbocycles. The van der Waals surface area contributed by atoms with E-state index in [0.29, 0.717) is 0 Å². The van der Waals surface area contributed by atoms with Crippen LogP contribution in [0.25, 0.3) is 21.7 Å². The van der Waals surface area contributed by atoms with Gasteiger partial charge in [0.05, 0.1) is 8.07 Å². The summed E-state index contributed by atoms with van der Waals surface area (Å²) in [6.07, 6.45) is 0. The molecular formula is C26H26NSiZr-. The van der Waals surface area contributed by atoms with Crippen molar-refractivity contribution in [3.05, 3.63) is 101 Å². The van der Waals surface area contributed by atoms with Crippen LogP contribution < -0.4 is 0 Å². The van der Waals surface area contributed by atoms with Crippen molar-refractivity contribution in [3.63, 3.8) is 0 Å². The summed E-state index contributed by atoms with van der Waals surface area (Å²) in [6, 6.07) is 27.9. The molecular weight excluding hydrogens is 446 g/mol. The molecule has 2 aliphatic heterocycles. The SMILES string of the molecule is CC1=C2c3c(cc(C)n3-c3ccccc3)C1[Si]2(C)C.[Zr].c1ccc2[cH-]ccc2c1. The number of fused-ring (bicyclic) bond motifs is 1. The van der Waals surface area contributed by atoms with Crippen molar-refractivity contribution in [1.82, 2.24) is 4.57 Å². The van der Waals surface area contributed by atoms with E-state index in [4.69, 9.17) is 0 Å². The number of nitrogens with zero attached hydrogens (tertiary/aromatic N) is 1. The van der Waals surface area contributed by atoms with E-state index < -0.39 is 8.07 Å². The topological polar surface area (TPSA) is 4.93 Å². The summed E-state index contributed by atoms with van der Waals surface area (Å²) in [6.45, 7) is 9.60. The van der Waals surface area contributed by atoms with Crippen molar-refractivity contribution >= 4 is 24.0 Å². The van der Waals surface area contributed by atoms with Gasteiger partial charge in [0, 0.05) is 48.8 Å². The van der Waals surface area contributed by atoms with Crippen LogP contribution in [0.2, 0.25) is 13.1 Å². The molecule has 3 aliphatic rings. The molecule has 0 fully saturated rings. The first-order valence-electron chi connectivity index (χ1n) is 10.1. The second-order valence-corrected chi connectivity index (χ2v) is 13.1. The molecule has 3 heteroatoms. The van der Waals surface area contributed by atoms with E-state index in [-0.39, 0.29) is 26.2 Å². The van der Waals surface area contributed by atoms with Crippen LogP contribution >= 0.6 is 0 Å². The molecule has 3 aromatic carbocycles. The van der Waals surface area contributed by atoms with Crippen LogP contribution in [0.5, 0.6) is 0 Å². The van der Waals surface area contributed by atoms with E-state index in [2.05, 4.69) is 110 Å². The fraction of sp³-hybridized carbons (Fsp3) is 0.192. The normalized spacial score (nSPS) is 17.9. The van der Waals surface area contributed by atoms with Crippen molar-refractivity contribution in [1.29, 1.82) is 0 Å². The molecule has 1 aliphatic carbocycles. The second kappa shape index (κ2) is 7.45. The molecule has 1 nitrogen and oxygen atoms in total. The van der Waals surface area contributed by atoms with Gasteiger partial charge in [-0.1, -0.05) is 42.9 Å². The Kier molecular flexibility index (Phi) is 5.25. The Balaban J connectivity index is 0.000000173. The minimum Gasteiger partial charge on any atom is -0.314 e. The van der Waals surface area contributed by atoms with Gasteiger partial charge in [-0.25, -0.2) is 0 Å². The van der Waals surface area contributed by atoms with Crippen LogP contribution in [-0.4, -0.2) is 12.6 Å². The van der Waals surface area contributed by atoms with Crippen molar-refractivity contribution in [2.24, 2.45) is 0 Å². The molecule has 4 aromatic rings. The molecule has 1 unspecified atom stereocenters. The van der Waals surface area contributed by atoms with Gasteiger partial charge < -0.3 is 4.57 Å². The maximum atomic E-state index is 2.52. The summed E-state index contributed by atoms with van der Waals surface area (Å²) >= 11 is 0. The van der Waals surface area contributed by atoms with Crippen molar-refractivity contribution in [2.45, 2.75) is 32.5 Å². The first-order valence-corrected chi connectivity index (χ1v) is 13.2. The average Bonchev–Trinajstić information content (AvgIpc) is 3.39. The van der Waals surface area contributed by atoms with Gasteiger partial charge in [0.25, 0.3) is 0 Å². The zero-order valence-corrected chi connectivity index (χ0v) is 21.0. The molecule has 0 saturated heterocycles. The Labute approximate surface area is 193 Å². The Morgan fingerprint density at radius 3 is 2.28 bits per heavy atom. The summed E-state index contributed by atoms with van der Waals surface area (Å²) in [5, 5.41) is 4.37. The standard InChI is InChI=1S/C17H19NSi.C9H7.Zr/c1-11-10-14-15(17-12(2)16(14)19(17,3)4)18(11)13-8-6-5-7-9-13;1-2-5-9-7-3-6-8(9)4-1;/h5-10,16H,1-4H3;1-7H;/q;-1;. The van der Waals surface area contributed by atoms with Crippen LogP contribution in [0.1, 0.15) is 29.4 Å². The molecule has 29 heavy (non-hydrogen) atoms. The third-order valence-electron chi connectivity index (χ3n) is 6.52. The number of benzene rings is 2. The third-order valence-corrected chi connectivity index (χ3v) is 10.6. The Morgan fingerprint density at radius 1 is 0.897 bits per heavy atom. The van der Waals surface area contributed by atoms with E-state index in [1.165, 1.54) is 27.8 Å². The monoisotopic (exact) mass is 470 g/mol. The number of hydrogen-bond donors (Lipinski definition) is 0. The fourth-order valence-electron chi connectivity index (χ4n) is 5.49. The zero-order valence-electron chi connectivity index (χ0n) is 17.5. The fourth-order valence-corrected chi connectivity index (χ4v) is 9.81. The van der Waals surface area contributed by atoms with Crippen LogP contribution in [0.3, 0.4) is 0 Å². The summed E-state index contributed by atoms with van der Waals surface area (Å²) in [7, 11) is -1.19. The maximum Gasteiger partial charge on any atom is 0.0950 e. The molecule has 3 heterocycles. The average molecular weight is 472 g/mol. The minimum atomic E-state index is -1.19. The van der Waals surface area contributed by atoms with Crippen LogP contribution in [0, 0.1) is 6.92 Å². The predicted molar refractivity (Wildman–Crippen MR) is 123 cm³/mol. The Morgan fingerprint density at radius 2 is 1.59 bits per heavy atom. The smallest absolute Gasteiger partial charge is 0.0950 e. The third kappa shape index (κ3) is 3.02. The number of hydrogen-bond acceptors (Lipinski definition) is 0. The number of rotatable bonds is 1. The van der Waals surface area contributed by atoms with Gasteiger partial charge in [0.15, 0.2) is 0 Å². The molecule has 2 bridgehead atoms. The molecule has 0 N–H and O–H groups in total. The van der Waals surface area contributed by atoms with E-state index >= 15 is 0 Å². The van der Waals surface area contributed by atoms with Gasteiger partial charge in [0.2, 0.25) is 0 Å². The number of allylic oxidation sites excluding steroid dienone is 1. The Bertz CT molecular complexity index is 1180. The van der Waals surface area contributed by atoms with Crippen molar-refractivity contribution in [3.8, 4) is 5.69 Å². The first-order chi connectivity index (χ1) is 13.5. The van der Waals surface area contributed by atoms with Gasteiger partial charge in [-0.2, -0.15) is 17.5 Å². The van der Waals surface area contributed by atoms with Crippen LogP contribution in [0.4, 0.5) is 0 Å². The first kappa shape index (κ1) is 20.4. The molecule has 0 radical (unpaired) electrons. The zero-order chi connectivity index (χ0) is 19.5. The number of aromatic nitrogens is 1. The van der Waals surface area contributed by atoms with Crippen LogP contribution in [0.15, 0.2) is 84.4 Å². The summed E-state index contributed by atoms with van der Waals surface area (Å²) in [5.74, 6) is 0. The molecule has 0 spiro atoms. The molecule has 0 amide bonds. The van der Waals surface area contributed by atoms with Crippen LogP contribution in [-0.2, 0) is 26.2 Å². The van der Waals surface area contributed by atoms with Gasteiger partial charge in [-0.15, -0.1) is 29.7 Å². The molecule has 7 rings (SSSR count). The van der Waals surface area contributed by atoms with Gasteiger partial charge in [0.1, 0.15) is 0 Å². The Hall–Kier alpha value is -1.83. The van der Waals surface area contributed by atoms with Gasteiger partial charge in [-0.05, 0) is 42.8 Å². The van der Waals surface area contributed by atoms with Gasteiger partial charge >= 0.3 is 0 Å². The predicted octanol–water partition coefficient (Wildman–Crippen LogP) is 7.01. The van der Waals surface area contributed by atoms with Crippen molar-refractivity contribution in [2.75, 3.05) is 0 Å². The van der Waals surface area contributed by atoms with E-state index in [1.54, 1.807) is 16.3 Å². The molecule has 1 atom stereocenters. The minimum absolute atomic E-state index is 0. The molecule has 144 valence electrons. The van der Waals surface area contributed by atoms with E-state index in [0.717, 1.165) is 5.54 Å².